The van der Waals surface area contributed by atoms with E-state index in [1.54, 1.807) is 0 Å². The zero-order chi connectivity index (χ0) is 16.4. The maximum Gasteiger partial charge on any atom is 0.237 e. The Balaban J connectivity index is 1.34. The molecule has 3 atom stereocenters. The fourth-order valence-corrected chi connectivity index (χ4v) is 5.19. The molecule has 1 aromatic rings. The third-order valence-electron chi connectivity index (χ3n) is 6.47. The number of fused-ring (bicyclic) bond motifs is 1. The van der Waals surface area contributed by atoms with E-state index in [1.165, 1.54) is 50.5 Å². The molecular formula is C21H30N2O. The van der Waals surface area contributed by atoms with Gasteiger partial charge in [-0.3, -0.25) is 9.69 Å². The highest BCUT2D eigenvalue weighted by molar-refractivity contribution is 5.78. The van der Waals surface area contributed by atoms with Crippen LogP contribution < -0.4 is 0 Å². The predicted molar refractivity (Wildman–Crippen MR) is 96.9 cm³/mol. The molecule has 24 heavy (non-hydrogen) atoms. The van der Waals surface area contributed by atoms with Crippen molar-refractivity contribution >= 4 is 5.91 Å². The molecule has 2 heterocycles. The maximum absolute atomic E-state index is 12.9. The van der Waals surface area contributed by atoms with Gasteiger partial charge in [0.05, 0.1) is 6.54 Å². The molecule has 0 aromatic heterocycles. The summed E-state index contributed by atoms with van der Waals surface area (Å²) < 4.78 is 0. The molecule has 3 fully saturated rings. The van der Waals surface area contributed by atoms with Crippen LogP contribution in [0.25, 0.3) is 0 Å². The molecule has 3 nitrogen and oxygen atoms in total. The number of likely N-dealkylation sites (tertiary alicyclic amines) is 2. The van der Waals surface area contributed by atoms with Gasteiger partial charge in [-0.2, -0.15) is 0 Å². The molecular weight excluding hydrogens is 296 g/mol. The van der Waals surface area contributed by atoms with E-state index in [4.69, 9.17) is 0 Å². The number of piperidine rings is 1. The molecule has 3 aliphatic rings. The first-order chi connectivity index (χ1) is 11.8. The molecule has 2 aliphatic heterocycles. The van der Waals surface area contributed by atoms with Crippen LogP contribution in [0.5, 0.6) is 0 Å². The lowest BCUT2D eigenvalue weighted by Crippen LogP contribution is -2.52. The van der Waals surface area contributed by atoms with Crippen LogP contribution in [-0.2, 0) is 4.79 Å². The van der Waals surface area contributed by atoms with E-state index in [2.05, 4.69) is 40.1 Å². The van der Waals surface area contributed by atoms with Crippen molar-refractivity contribution in [2.75, 3.05) is 26.2 Å². The number of hydrogen-bond acceptors (Lipinski definition) is 2. The van der Waals surface area contributed by atoms with E-state index in [9.17, 15) is 4.79 Å². The maximum atomic E-state index is 12.9. The molecule has 130 valence electrons. The van der Waals surface area contributed by atoms with Crippen LogP contribution in [0.15, 0.2) is 30.3 Å². The van der Waals surface area contributed by atoms with Crippen molar-refractivity contribution in [3.63, 3.8) is 0 Å². The second-order valence-electron chi connectivity index (χ2n) is 7.97. The Hall–Kier alpha value is -1.35. The van der Waals surface area contributed by atoms with E-state index in [-0.39, 0.29) is 0 Å². The van der Waals surface area contributed by atoms with Crippen molar-refractivity contribution in [1.29, 1.82) is 0 Å². The highest BCUT2D eigenvalue weighted by Crippen LogP contribution is 2.35. The summed E-state index contributed by atoms with van der Waals surface area (Å²) in [4.78, 5) is 17.6. The highest BCUT2D eigenvalue weighted by atomic mass is 16.2. The smallest absolute Gasteiger partial charge is 0.237 e. The fraction of sp³-hybridized carbons (Fsp3) is 0.667. The zero-order valence-corrected chi connectivity index (χ0v) is 14.7. The zero-order valence-electron chi connectivity index (χ0n) is 14.7. The van der Waals surface area contributed by atoms with Gasteiger partial charge in [0.25, 0.3) is 0 Å². The summed E-state index contributed by atoms with van der Waals surface area (Å²) in [5.41, 5.74) is 1.43. The molecule has 1 aromatic carbocycles. The third-order valence-corrected chi connectivity index (χ3v) is 6.47. The Morgan fingerprint density at radius 3 is 2.62 bits per heavy atom. The van der Waals surface area contributed by atoms with E-state index in [0.29, 0.717) is 24.4 Å². The van der Waals surface area contributed by atoms with Gasteiger partial charge in [-0.05, 0) is 56.0 Å². The number of carbonyl (C=O) groups excluding carboxylic acids is 1. The second-order valence-corrected chi connectivity index (χ2v) is 7.97. The Labute approximate surface area is 146 Å². The van der Waals surface area contributed by atoms with Gasteiger partial charge in [-0.15, -0.1) is 0 Å². The molecule has 0 bridgehead atoms. The van der Waals surface area contributed by atoms with Crippen LogP contribution >= 0.6 is 0 Å². The van der Waals surface area contributed by atoms with Crippen LogP contribution in [0.2, 0.25) is 0 Å². The molecule has 1 aliphatic carbocycles. The summed E-state index contributed by atoms with van der Waals surface area (Å²) in [6, 6.07) is 11.3. The lowest BCUT2D eigenvalue weighted by Gasteiger charge is -2.44. The molecule has 4 rings (SSSR count). The van der Waals surface area contributed by atoms with Crippen molar-refractivity contribution in [2.24, 2.45) is 5.92 Å². The quantitative estimate of drug-likeness (QED) is 0.846. The first-order valence-electron chi connectivity index (χ1n) is 9.88. The van der Waals surface area contributed by atoms with Gasteiger partial charge in [0.1, 0.15) is 0 Å². The molecule has 1 amide bonds. The summed E-state index contributed by atoms with van der Waals surface area (Å²) in [6.45, 7) is 3.73. The van der Waals surface area contributed by atoms with Crippen LogP contribution in [0, 0.1) is 5.92 Å². The lowest BCUT2D eigenvalue weighted by molar-refractivity contribution is -0.138. The first-order valence-corrected chi connectivity index (χ1v) is 9.88. The number of amides is 1. The number of rotatable bonds is 3. The number of carbonyl (C=O) groups is 1. The van der Waals surface area contributed by atoms with Crippen LogP contribution in [0.1, 0.15) is 56.4 Å². The summed E-state index contributed by atoms with van der Waals surface area (Å²) in [7, 11) is 0. The molecule has 0 radical (unpaired) electrons. The first kappa shape index (κ1) is 16.1. The molecule has 3 heteroatoms. The SMILES string of the molecule is O=C(CN1CC[C@H](c2ccccc2)C1)N1CCC[C@@H]2CCCC[C@@H]21. The molecule has 2 saturated heterocycles. The fourth-order valence-electron chi connectivity index (χ4n) is 5.19. The second kappa shape index (κ2) is 7.26. The van der Waals surface area contributed by atoms with Gasteiger partial charge in [-0.25, -0.2) is 0 Å². The average molecular weight is 326 g/mol. The lowest BCUT2D eigenvalue weighted by atomic mass is 9.78. The summed E-state index contributed by atoms with van der Waals surface area (Å²) in [5, 5.41) is 0. The number of benzene rings is 1. The molecule has 0 N–H and O–H groups in total. The molecule has 0 unspecified atom stereocenters. The van der Waals surface area contributed by atoms with Crippen LogP contribution in [-0.4, -0.2) is 47.9 Å². The third kappa shape index (κ3) is 3.37. The van der Waals surface area contributed by atoms with Crippen molar-refractivity contribution in [2.45, 2.75) is 56.9 Å². The van der Waals surface area contributed by atoms with E-state index in [1.807, 2.05) is 0 Å². The van der Waals surface area contributed by atoms with E-state index >= 15 is 0 Å². The minimum absolute atomic E-state index is 0.389. The van der Waals surface area contributed by atoms with E-state index < -0.39 is 0 Å². The van der Waals surface area contributed by atoms with Crippen LogP contribution in [0.4, 0.5) is 0 Å². The van der Waals surface area contributed by atoms with Crippen molar-refractivity contribution < 1.29 is 4.79 Å². The van der Waals surface area contributed by atoms with Crippen LogP contribution in [0.3, 0.4) is 0 Å². The van der Waals surface area contributed by atoms with Gasteiger partial charge in [0, 0.05) is 19.1 Å². The van der Waals surface area contributed by atoms with Crippen molar-refractivity contribution in [3.8, 4) is 0 Å². The summed E-state index contributed by atoms with van der Waals surface area (Å²) in [6.07, 6.45) is 8.99. The van der Waals surface area contributed by atoms with Gasteiger partial charge < -0.3 is 4.90 Å². The monoisotopic (exact) mass is 326 g/mol. The predicted octanol–water partition coefficient (Wildman–Crippen LogP) is 3.66. The molecule has 0 spiro atoms. The molecule has 1 saturated carbocycles. The largest absolute Gasteiger partial charge is 0.338 e. The Bertz CT molecular complexity index is 556. The van der Waals surface area contributed by atoms with Gasteiger partial charge >= 0.3 is 0 Å². The minimum Gasteiger partial charge on any atom is -0.338 e. The van der Waals surface area contributed by atoms with Gasteiger partial charge in [0.15, 0.2) is 0 Å². The standard InChI is InChI=1S/C21H30N2O/c24-21(23-13-6-10-18-9-4-5-11-20(18)23)16-22-14-12-19(15-22)17-7-2-1-3-8-17/h1-3,7-8,18-20H,4-6,9-16H2/t18-,19-,20-/m0/s1. The minimum atomic E-state index is 0.389. The Morgan fingerprint density at radius 2 is 1.75 bits per heavy atom. The van der Waals surface area contributed by atoms with E-state index in [0.717, 1.165) is 25.6 Å². The highest BCUT2D eigenvalue weighted by Gasteiger charge is 2.36. The van der Waals surface area contributed by atoms with Crippen molar-refractivity contribution in [1.82, 2.24) is 9.80 Å². The topological polar surface area (TPSA) is 23.6 Å². The Kier molecular flexibility index (Phi) is 4.88. The summed E-state index contributed by atoms with van der Waals surface area (Å²) in [5.74, 6) is 1.77. The Morgan fingerprint density at radius 1 is 0.958 bits per heavy atom. The van der Waals surface area contributed by atoms with Gasteiger partial charge in [0.2, 0.25) is 5.91 Å². The van der Waals surface area contributed by atoms with Gasteiger partial charge in [-0.1, -0.05) is 43.2 Å². The normalized spacial score (nSPS) is 31.0. The average Bonchev–Trinajstić information content (AvgIpc) is 3.10. The summed E-state index contributed by atoms with van der Waals surface area (Å²) >= 11 is 0. The van der Waals surface area contributed by atoms with Crippen molar-refractivity contribution in [3.05, 3.63) is 35.9 Å². The number of hydrogen-bond donors (Lipinski definition) is 0. The number of nitrogens with zero attached hydrogens (tertiary/aromatic N) is 2.